The van der Waals surface area contributed by atoms with Crippen molar-refractivity contribution in [3.05, 3.63) is 34.2 Å². The van der Waals surface area contributed by atoms with Crippen LogP contribution in [0.15, 0.2) is 24.3 Å². The number of rotatable bonds is 7. The fourth-order valence-electron chi connectivity index (χ4n) is 3.59. The van der Waals surface area contributed by atoms with Crippen LogP contribution < -0.4 is 4.74 Å². The first-order valence-electron chi connectivity index (χ1n) is 9.39. The van der Waals surface area contributed by atoms with E-state index in [2.05, 4.69) is 0 Å². The van der Waals surface area contributed by atoms with Gasteiger partial charge in [-0.15, -0.1) is 11.3 Å². The number of hydrogen-bond acceptors (Lipinski definition) is 5. The van der Waals surface area contributed by atoms with Crippen LogP contribution in [-0.4, -0.2) is 25.2 Å². The van der Waals surface area contributed by atoms with E-state index in [1.807, 2.05) is 24.3 Å². The molecular weight excluding hydrogens is 346 g/mol. The average molecular weight is 374 g/mol. The maximum Gasteiger partial charge on any atom is 0.305 e. The number of hydrogen-bond donors (Lipinski definition) is 0. The lowest BCUT2D eigenvalue weighted by atomic mass is 9.87. The predicted molar refractivity (Wildman–Crippen MR) is 105 cm³/mol. The molecule has 2 aromatic rings. The Morgan fingerprint density at radius 3 is 2.54 bits per heavy atom. The molecule has 1 fully saturated rings. The molecule has 3 rings (SSSR count). The third kappa shape index (κ3) is 4.85. The molecule has 26 heavy (non-hydrogen) atoms. The standard InChI is InChI=1S/C21H27NO3S/c1-24-17-10-8-16(9-11-17)21-18(12-13-20(23)25-2)26-19(22-21)14-15-6-4-3-5-7-15/h8-11,15H,3-7,12-14H2,1-2H3. The summed E-state index contributed by atoms with van der Waals surface area (Å²) in [6, 6.07) is 8.00. The monoisotopic (exact) mass is 373 g/mol. The highest BCUT2D eigenvalue weighted by Crippen LogP contribution is 2.34. The molecule has 1 saturated carbocycles. The summed E-state index contributed by atoms with van der Waals surface area (Å²) in [6.07, 6.45) is 8.82. The largest absolute Gasteiger partial charge is 0.497 e. The minimum atomic E-state index is -0.173. The molecule has 1 aromatic carbocycles. The lowest BCUT2D eigenvalue weighted by molar-refractivity contribution is -0.140. The number of ether oxygens (including phenoxy) is 2. The predicted octanol–water partition coefficient (Wildman–Crippen LogP) is 5.05. The molecular formula is C21H27NO3S. The third-order valence-corrected chi connectivity index (χ3v) is 6.21. The maximum atomic E-state index is 11.6. The first kappa shape index (κ1) is 18.9. The summed E-state index contributed by atoms with van der Waals surface area (Å²) < 4.78 is 10.1. The van der Waals surface area contributed by atoms with Crippen LogP contribution in [0.4, 0.5) is 0 Å². The van der Waals surface area contributed by atoms with Crippen LogP contribution in [0, 0.1) is 5.92 Å². The Hall–Kier alpha value is -1.88. The maximum absolute atomic E-state index is 11.6. The number of carbonyl (C=O) groups excluding carboxylic acids is 1. The van der Waals surface area contributed by atoms with Gasteiger partial charge in [-0.2, -0.15) is 0 Å². The Morgan fingerprint density at radius 2 is 1.88 bits per heavy atom. The summed E-state index contributed by atoms with van der Waals surface area (Å²) in [6.45, 7) is 0. The van der Waals surface area contributed by atoms with Gasteiger partial charge in [0.25, 0.3) is 0 Å². The minimum absolute atomic E-state index is 0.173. The molecule has 0 radical (unpaired) electrons. The van der Waals surface area contributed by atoms with Gasteiger partial charge in [0.2, 0.25) is 0 Å². The van der Waals surface area contributed by atoms with E-state index in [0.29, 0.717) is 12.8 Å². The molecule has 1 heterocycles. The zero-order valence-electron chi connectivity index (χ0n) is 15.6. The summed E-state index contributed by atoms with van der Waals surface area (Å²) >= 11 is 1.76. The van der Waals surface area contributed by atoms with Crippen molar-refractivity contribution in [3.8, 4) is 17.0 Å². The van der Waals surface area contributed by atoms with Crippen molar-refractivity contribution in [1.29, 1.82) is 0 Å². The van der Waals surface area contributed by atoms with Gasteiger partial charge in [-0.05, 0) is 36.6 Å². The summed E-state index contributed by atoms with van der Waals surface area (Å²) in [5, 5.41) is 1.20. The molecule has 0 bridgehead atoms. The first-order chi connectivity index (χ1) is 12.7. The molecule has 1 aromatic heterocycles. The van der Waals surface area contributed by atoms with Crippen LogP contribution in [0.3, 0.4) is 0 Å². The zero-order valence-corrected chi connectivity index (χ0v) is 16.4. The SMILES string of the molecule is COC(=O)CCc1sc(CC2CCCCC2)nc1-c1ccc(OC)cc1. The Morgan fingerprint density at radius 1 is 1.15 bits per heavy atom. The Labute approximate surface area is 159 Å². The van der Waals surface area contributed by atoms with Crippen molar-refractivity contribution < 1.29 is 14.3 Å². The number of carbonyl (C=O) groups is 1. The van der Waals surface area contributed by atoms with Gasteiger partial charge in [-0.3, -0.25) is 4.79 Å². The van der Waals surface area contributed by atoms with Gasteiger partial charge < -0.3 is 9.47 Å². The Bertz CT molecular complexity index is 717. The average Bonchev–Trinajstić information content (AvgIpc) is 3.09. The van der Waals surface area contributed by atoms with Gasteiger partial charge in [-0.25, -0.2) is 4.98 Å². The van der Waals surface area contributed by atoms with Gasteiger partial charge in [0, 0.05) is 16.9 Å². The molecule has 4 nitrogen and oxygen atoms in total. The van der Waals surface area contributed by atoms with Gasteiger partial charge >= 0.3 is 5.97 Å². The van der Waals surface area contributed by atoms with Crippen molar-refractivity contribution in [2.75, 3.05) is 14.2 Å². The molecule has 1 aliphatic carbocycles. The summed E-state index contributed by atoms with van der Waals surface area (Å²) in [5.41, 5.74) is 2.09. The molecule has 0 spiro atoms. The number of nitrogens with zero attached hydrogens (tertiary/aromatic N) is 1. The van der Waals surface area contributed by atoms with Gasteiger partial charge in [0.05, 0.1) is 31.3 Å². The van der Waals surface area contributed by atoms with Crippen molar-refractivity contribution in [3.63, 3.8) is 0 Å². The molecule has 0 aliphatic heterocycles. The molecule has 0 amide bonds. The highest BCUT2D eigenvalue weighted by atomic mass is 32.1. The Balaban J connectivity index is 1.82. The smallest absolute Gasteiger partial charge is 0.305 e. The van der Waals surface area contributed by atoms with Gasteiger partial charge in [0.1, 0.15) is 5.75 Å². The minimum Gasteiger partial charge on any atom is -0.497 e. The summed E-state index contributed by atoms with van der Waals surface area (Å²) in [5.74, 6) is 1.42. The van der Waals surface area contributed by atoms with Crippen molar-refractivity contribution >= 4 is 17.3 Å². The second-order valence-corrected chi connectivity index (χ2v) is 8.06. The number of methoxy groups -OCH3 is 2. The fourth-order valence-corrected chi connectivity index (χ4v) is 4.79. The van der Waals surface area contributed by atoms with E-state index in [0.717, 1.165) is 29.3 Å². The van der Waals surface area contributed by atoms with E-state index in [9.17, 15) is 4.79 Å². The Kier molecular flexibility index (Phi) is 6.67. The van der Waals surface area contributed by atoms with Gasteiger partial charge in [0.15, 0.2) is 0 Å². The highest BCUT2D eigenvalue weighted by Gasteiger charge is 2.19. The van der Waals surface area contributed by atoms with Crippen molar-refractivity contribution in [1.82, 2.24) is 4.98 Å². The second-order valence-electron chi connectivity index (χ2n) is 6.89. The number of benzene rings is 1. The molecule has 5 heteroatoms. The van der Waals surface area contributed by atoms with Crippen molar-refractivity contribution in [2.45, 2.75) is 51.4 Å². The highest BCUT2D eigenvalue weighted by molar-refractivity contribution is 7.12. The van der Waals surface area contributed by atoms with E-state index < -0.39 is 0 Å². The van der Waals surface area contributed by atoms with Crippen LogP contribution in [0.1, 0.15) is 48.4 Å². The van der Waals surface area contributed by atoms with E-state index >= 15 is 0 Å². The summed E-state index contributed by atoms with van der Waals surface area (Å²) in [7, 11) is 3.11. The topological polar surface area (TPSA) is 48.4 Å². The number of aryl methyl sites for hydroxylation is 1. The fraction of sp³-hybridized carbons (Fsp3) is 0.524. The van der Waals surface area contributed by atoms with Crippen LogP contribution in [0.2, 0.25) is 0 Å². The molecule has 140 valence electrons. The number of aromatic nitrogens is 1. The van der Waals surface area contributed by atoms with E-state index in [-0.39, 0.29) is 5.97 Å². The van der Waals surface area contributed by atoms with Gasteiger partial charge in [-0.1, -0.05) is 32.1 Å². The quantitative estimate of drug-likeness (QED) is 0.638. The van der Waals surface area contributed by atoms with E-state index in [1.54, 1.807) is 18.4 Å². The van der Waals surface area contributed by atoms with Crippen LogP contribution >= 0.6 is 11.3 Å². The normalized spacial score (nSPS) is 15.0. The van der Waals surface area contributed by atoms with E-state index in [1.165, 1.54) is 49.1 Å². The summed E-state index contributed by atoms with van der Waals surface area (Å²) in [4.78, 5) is 17.7. The molecule has 0 saturated heterocycles. The third-order valence-electron chi connectivity index (χ3n) is 5.08. The van der Waals surface area contributed by atoms with Crippen molar-refractivity contribution in [2.24, 2.45) is 5.92 Å². The van der Waals surface area contributed by atoms with Crippen LogP contribution in [0.25, 0.3) is 11.3 Å². The van der Waals surface area contributed by atoms with E-state index in [4.69, 9.17) is 14.5 Å². The molecule has 1 aliphatic rings. The molecule has 0 atom stereocenters. The lowest BCUT2D eigenvalue weighted by Crippen LogP contribution is -2.08. The van der Waals surface area contributed by atoms with Crippen LogP contribution in [0.5, 0.6) is 5.75 Å². The first-order valence-corrected chi connectivity index (χ1v) is 10.2. The zero-order chi connectivity index (χ0) is 18.4. The number of esters is 1. The van der Waals surface area contributed by atoms with Crippen LogP contribution in [-0.2, 0) is 22.4 Å². The molecule has 0 unspecified atom stereocenters. The molecule has 0 N–H and O–H groups in total. The lowest BCUT2D eigenvalue weighted by Gasteiger charge is -2.20. The second kappa shape index (κ2) is 9.17. The number of thiazole rings is 1.